The highest BCUT2D eigenvalue weighted by Gasteiger charge is 2.19. The van der Waals surface area contributed by atoms with Crippen LogP contribution in [0.2, 0.25) is 0 Å². The van der Waals surface area contributed by atoms with Crippen molar-refractivity contribution in [2.45, 2.75) is 27.7 Å². The van der Waals surface area contributed by atoms with Crippen molar-refractivity contribution in [2.24, 2.45) is 0 Å². The molecule has 0 fully saturated rings. The molecule has 1 amide bonds. The molecule has 0 aliphatic carbocycles. The number of amides is 1. The number of hydrogen-bond acceptors (Lipinski definition) is 8. The summed E-state index contributed by atoms with van der Waals surface area (Å²) in [6.07, 6.45) is 1.67. The number of benzene rings is 2. The Balaban J connectivity index is 1.49. The molecule has 2 heterocycles. The lowest BCUT2D eigenvalue weighted by Gasteiger charge is -2.17. The van der Waals surface area contributed by atoms with Gasteiger partial charge in [0.1, 0.15) is 0 Å². The Hall–Kier alpha value is -4.18. The van der Waals surface area contributed by atoms with E-state index in [9.17, 15) is 4.79 Å². The zero-order valence-electron chi connectivity index (χ0n) is 21.1. The topological polar surface area (TPSA) is 108 Å². The van der Waals surface area contributed by atoms with Crippen molar-refractivity contribution in [3.8, 4) is 28.7 Å². The van der Waals surface area contributed by atoms with Crippen LogP contribution >= 0.6 is 12.2 Å². The smallest absolute Gasteiger partial charge is 0.257 e. The molecular formula is C27H28N4O5S. The number of carbonyl (C=O) groups excluding carboxylic acids is 1. The molecule has 0 aliphatic heterocycles. The maximum atomic E-state index is 13.0. The number of fused-ring (bicyclic) bond motifs is 1. The summed E-state index contributed by atoms with van der Waals surface area (Å²) in [7, 11) is 0. The molecule has 2 N–H and O–H groups in total. The van der Waals surface area contributed by atoms with E-state index in [0.29, 0.717) is 59.8 Å². The minimum Gasteiger partial charge on any atom is -0.490 e. The van der Waals surface area contributed by atoms with Gasteiger partial charge in [0, 0.05) is 23.0 Å². The van der Waals surface area contributed by atoms with E-state index in [0.717, 1.165) is 16.8 Å². The van der Waals surface area contributed by atoms with Crippen molar-refractivity contribution in [1.29, 1.82) is 0 Å². The maximum Gasteiger partial charge on any atom is 0.257 e. The molecule has 0 aliphatic rings. The number of aromatic nitrogens is 2. The van der Waals surface area contributed by atoms with Crippen LogP contribution in [0.1, 0.15) is 36.7 Å². The van der Waals surface area contributed by atoms with E-state index < -0.39 is 5.91 Å². The van der Waals surface area contributed by atoms with Crippen molar-refractivity contribution in [1.82, 2.24) is 15.3 Å². The molecule has 0 atom stereocenters. The lowest BCUT2D eigenvalue weighted by atomic mass is 10.1. The summed E-state index contributed by atoms with van der Waals surface area (Å²) in [5.74, 6) is 1.40. The van der Waals surface area contributed by atoms with E-state index >= 15 is 0 Å². The van der Waals surface area contributed by atoms with Crippen LogP contribution in [-0.4, -0.2) is 40.8 Å². The highest BCUT2D eigenvalue weighted by Crippen LogP contribution is 2.39. The van der Waals surface area contributed by atoms with Gasteiger partial charge >= 0.3 is 0 Å². The molecule has 4 rings (SSSR count). The largest absolute Gasteiger partial charge is 0.490 e. The van der Waals surface area contributed by atoms with Gasteiger partial charge in [0.2, 0.25) is 11.6 Å². The third-order valence-electron chi connectivity index (χ3n) is 5.28. The van der Waals surface area contributed by atoms with Crippen molar-refractivity contribution >= 4 is 40.2 Å². The van der Waals surface area contributed by atoms with Gasteiger partial charge < -0.3 is 23.9 Å². The summed E-state index contributed by atoms with van der Waals surface area (Å²) in [6.45, 7) is 8.76. The second-order valence-corrected chi connectivity index (χ2v) is 8.29. The number of hydrogen-bond donors (Lipinski definition) is 2. The first kappa shape index (κ1) is 25.9. The summed E-state index contributed by atoms with van der Waals surface area (Å²) < 4.78 is 22.9. The Kier molecular flexibility index (Phi) is 8.19. The number of ether oxygens (including phenoxy) is 3. The van der Waals surface area contributed by atoms with Crippen LogP contribution in [0.25, 0.3) is 22.7 Å². The van der Waals surface area contributed by atoms with Crippen LogP contribution in [-0.2, 0) is 0 Å². The van der Waals surface area contributed by atoms with Gasteiger partial charge in [-0.1, -0.05) is 0 Å². The quantitative estimate of drug-likeness (QED) is 0.276. The van der Waals surface area contributed by atoms with Crippen LogP contribution in [0.4, 0.5) is 5.69 Å². The number of aryl methyl sites for hydroxylation is 1. The van der Waals surface area contributed by atoms with E-state index in [2.05, 4.69) is 20.6 Å². The van der Waals surface area contributed by atoms with Gasteiger partial charge in [0.25, 0.3) is 5.91 Å². The van der Waals surface area contributed by atoms with Crippen LogP contribution < -0.4 is 24.8 Å². The first-order chi connectivity index (χ1) is 17.9. The molecule has 2 aromatic carbocycles. The Labute approximate surface area is 220 Å². The Morgan fingerprint density at radius 3 is 2.32 bits per heavy atom. The number of carbonyl (C=O) groups is 1. The zero-order chi connectivity index (χ0) is 26.4. The van der Waals surface area contributed by atoms with Crippen LogP contribution in [0.15, 0.2) is 53.1 Å². The standard InChI is InChI=1S/C27H28N4O5S/c1-5-33-21-14-18(15-22(34-6-2)23(21)35-7-3)25(32)31-27(37)29-19-11-10-17(13-16(19)4)26-30-24-20(36-26)9-8-12-28-24/h8-15H,5-7H2,1-4H3,(H2,29,31,32,37). The van der Waals surface area contributed by atoms with Crippen LogP contribution in [0.5, 0.6) is 17.2 Å². The summed E-state index contributed by atoms with van der Waals surface area (Å²) >= 11 is 5.41. The number of nitrogens with zero attached hydrogens (tertiary/aromatic N) is 2. The number of thiocarbonyl (C=S) groups is 1. The van der Waals surface area contributed by atoms with E-state index in [1.807, 2.05) is 52.0 Å². The molecule has 0 unspecified atom stereocenters. The SMILES string of the molecule is CCOc1cc(C(=O)NC(=S)Nc2ccc(-c3nc4ncccc4o3)cc2C)cc(OCC)c1OCC. The normalized spacial score (nSPS) is 10.7. The number of anilines is 1. The summed E-state index contributed by atoms with van der Waals surface area (Å²) in [5, 5.41) is 5.94. The van der Waals surface area contributed by atoms with Gasteiger partial charge in [0.05, 0.1) is 19.8 Å². The van der Waals surface area contributed by atoms with E-state index in [1.165, 1.54) is 0 Å². The molecule has 4 aromatic rings. The van der Waals surface area contributed by atoms with Gasteiger partial charge in [0.15, 0.2) is 27.8 Å². The van der Waals surface area contributed by atoms with Crippen molar-refractivity contribution in [2.75, 3.05) is 25.1 Å². The third-order valence-corrected chi connectivity index (χ3v) is 5.49. The highest BCUT2D eigenvalue weighted by atomic mass is 32.1. The summed E-state index contributed by atoms with van der Waals surface area (Å²) in [4.78, 5) is 21.7. The van der Waals surface area contributed by atoms with E-state index in [4.69, 9.17) is 30.8 Å². The second kappa shape index (κ2) is 11.7. The van der Waals surface area contributed by atoms with Crippen molar-refractivity contribution in [3.63, 3.8) is 0 Å². The van der Waals surface area contributed by atoms with Gasteiger partial charge in [-0.15, -0.1) is 0 Å². The third kappa shape index (κ3) is 5.97. The minimum atomic E-state index is -0.407. The molecule has 192 valence electrons. The molecule has 0 saturated heterocycles. The molecule has 37 heavy (non-hydrogen) atoms. The van der Waals surface area contributed by atoms with Gasteiger partial charge in [-0.3, -0.25) is 10.1 Å². The lowest BCUT2D eigenvalue weighted by Crippen LogP contribution is -2.34. The number of rotatable bonds is 9. The van der Waals surface area contributed by atoms with Crippen molar-refractivity contribution in [3.05, 3.63) is 59.8 Å². The van der Waals surface area contributed by atoms with Gasteiger partial charge in [-0.05, 0) is 87.9 Å². The van der Waals surface area contributed by atoms with E-state index in [1.54, 1.807) is 24.4 Å². The number of nitrogens with one attached hydrogen (secondary N) is 2. The van der Waals surface area contributed by atoms with Gasteiger partial charge in [-0.25, -0.2) is 4.98 Å². The Morgan fingerprint density at radius 2 is 1.70 bits per heavy atom. The summed E-state index contributed by atoms with van der Waals surface area (Å²) in [5.41, 5.74) is 3.93. The Bertz CT molecular complexity index is 1380. The average molecular weight is 521 g/mol. The predicted octanol–water partition coefficient (Wildman–Crippen LogP) is 5.52. The molecule has 0 radical (unpaired) electrons. The first-order valence-electron chi connectivity index (χ1n) is 11.9. The summed E-state index contributed by atoms with van der Waals surface area (Å²) in [6, 6.07) is 12.5. The molecule has 0 bridgehead atoms. The van der Waals surface area contributed by atoms with Crippen LogP contribution in [0.3, 0.4) is 0 Å². The van der Waals surface area contributed by atoms with E-state index in [-0.39, 0.29) is 5.11 Å². The van der Waals surface area contributed by atoms with Gasteiger partial charge in [-0.2, -0.15) is 4.98 Å². The zero-order valence-corrected chi connectivity index (χ0v) is 21.9. The predicted molar refractivity (Wildman–Crippen MR) is 146 cm³/mol. The average Bonchev–Trinajstić information content (AvgIpc) is 3.31. The number of oxazole rings is 1. The highest BCUT2D eigenvalue weighted by molar-refractivity contribution is 7.80. The fourth-order valence-electron chi connectivity index (χ4n) is 3.68. The molecule has 9 nitrogen and oxygen atoms in total. The fourth-order valence-corrected chi connectivity index (χ4v) is 3.88. The lowest BCUT2D eigenvalue weighted by molar-refractivity contribution is 0.0976. The fraction of sp³-hybridized carbons (Fsp3) is 0.259. The molecule has 0 saturated carbocycles. The number of pyridine rings is 1. The molecule has 0 spiro atoms. The minimum absolute atomic E-state index is 0.150. The molecular weight excluding hydrogens is 492 g/mol. The maximum absolute atomic E-state index is 13.0. The van der Waals surface area contributed by atoms with Crippen LogP contribution in [0, 0.1) is 6.92 Å². The second-order valence-electron chi connectivity index (χ2n) is 7.88. The van der Waals surface area contributed by atoms with Crippen molar-refractivity contribution < 1.29 is 23.4 Å². The Morgan fingerprint density at radius 1 is 1.00 bits per heavy atom. The molecule has 2 aromatic heterocycles. The monoisotopic (exact) mass is 520 g/mol. The first-order valence-corrected chi connectivity index (χ1v) is 12.4. The molecule has 10 heteroatoms.